The maximum atomic E-state index is 15.2. The number of nitrogens with zero attached hydrogens (tertiary/aromatic N) is 7. The number of fused-ring (bicyclic) bond motifs is 1. The molecule has 3 amide bonds. The Kier molecular flexibility index (Phi) is 12.6. The van der Waals surface area contributed by atoms with Crippen molar-refractivity contribution >= 4 is 28.5 Å². The number of aromatic amines is 1. The first kappa shape index (κ1) is 41.8. The maximum absolute atomic E-state index is 15.2. The van der Waals surface area contributed by atoms with Gasteiger partial charge in [0.2, 0.25) is 5.91 Å². The van der Waals surface area contributed by atoms with Crippen LogP contribution in [-0.4, -0.2) is 136 Å². The fraction of sp³-hybridized carbons (Fsp3) is 0.391. The number of carbonyl (C=O) groups is 3. The zero-order valence-electron chi connectivity index (χ0n) is 34.2. The SMILES string of the molecule is CCc1cc(-c2cc(F)c(C(=O)N3CCC(CN4CCN(CC(=O)N5CCN(C(=O)c6cc(Cc7n[nH]c(=O)c8ccccc78)ccc6F)CC5)CC4)CC3)c(F)c2)ccn1. The van der Waals surface area contributed by atoms with Crippen LogP contribution in [0.1, 0.15) is 57.4 Å². The summed E-state index contributed by atoms with van der Waals surface area (Å²) < 4.78 is 45.5. The second-order valence-corrected chi connectivity index (χ2v) is 16.2. The number of nitrogens with one attached hydrogen (secondary N) is 1. The summed E-state index contributed by atoms with van der Waals surface area (Å²) in [4.78, 5) is 66.0. The highest BCUT2D eigenvalue weighted by Gasteiger charge is 2.31. The average Bonchev–Trinajstić information content (AvgIpc) is 3.28. The monoisotopic (exact) mass is 834 g/mol. The number of halogens is 3. The van der Waals surface area contributed by atoms with Crippen molar-refractivity contribution in [2.75, 3.05) is 78.5 Å². The fourth-order valence-electron chi connectivity index (χ4n) is 8.73. The first-order valence-electron chi connectivity index (χ1n) is 21.0. The number of carbonyl (C=O) groups excluding carboxylic acids is 3. The summed E-state index contributed by atoms with van der Waals surface area (Å²) in [6.07, 6.45) is 4.08. The van der Waals surface area contributed by atoms with Gasteiger partial charge in [-0.2, -0.15) is 5.10 Å². The Morgan fingerprint density at radius 3 is 2.07 bits per heavy atom. The van der Waals surface area contributed by atoms with Gasteiger partial charge in [0, 0.05) is 95.7 Å². The van der Waals surface area contributed by atoms with Crippen LogP contribution in [-0.2, 0) is 17.6 Å². The van der Waals surface area contributed by atoms with E-state index in [1.807, 2.05) is 19.1 Å². The van der Waals surface area contributed by atoms with E-state index in [9.17, 15) is 19.2 Å². The number of piperazine rings is 2. The van der Waals surface area contributed by atoms with Crippen LogP contribution in [0.5, 0.6) is 0 Å². The number of likely N-dealkylation sites (tertiary alicyclic amines) is 1. The molecule has 0 atom stereocenters. The Morgan fingerprint density at radius 2 is 1.36 bits per heavy atom. The van der Waals surface area contributed by atoms with Crippen molar-refractivity contribution in [3.63, 3.8) is 0 Å². The molecule has 1 N–H and O–H groups in total. The molecular weight excluding hydrogens is 786 g/mol. The van der Waals surface area contributed by atoms with Gasteiger partial charge < -0.3 is 19.6 Å². The van der Waals surface area contributed by atoms with Crippen molar-refractivity contribution < 1.29 is 27.6 Å². The molecule has 318 valence electrons. The number of amides is 3. The van der Waals surface area contributed by atoms with Gasteiger partial charge in [0.05, 0.1) is 23.2 Å². The van der Waals surface area contributed by atoms with Crippen molar-refractivity contribution in [1.82, 2.24) is 39.7 Å². The molecule has 0 bridgehead atoms. The topological polar surface area (TPSA) is 126 Å². The van der Waals surface area contributed by atoms with Gasteiger partial charge >= 0.3 is 0 Å². The number of aryl methyl sites for hydroxylation is 1. The van der Waals surface area contributed by atoms with Gasteiger partial charge in [-0.05, 0) is 84.3 Å². The molecular formula is C46H49F3N8O4. The Balaban J connectivity index is 0.764. The van der Waals surface area contributed by atoms with Crippen LogP contribution in [0, 0.1) is 23.4 Å². The standard InChI is InChI=1S/C46H49F3N8O4/c1-2-34-25-32(9-12-50-34)33-26-39(48)43(40(49)27-33)46(61)56-13-10-30(11-14-56)28-53-15-17-54(18-16-53)29-42(58)55-19-21-57(22-20-55)45(60)37-23-31(7-8-38(37)47)24-41-35-5-3-4-6-36(35)44(59)52-51-41/h3-9,12,23,25-27,30H,2,10-11,13-22,24,28-29H2,1H3,(H,52,59). The zero-order chi connectivity index (χ0) is 42.6. The van der Waals surface area contributed by atoms with E-state index in [0.717, 1.165) is 51.3 Å². The molecule has 12 nitrogen and oxygen atoms in total. The number of H-pyrrole nitrogens is 1. The fourth-order valence-corrected chi connectivity index (χ4v) is 8.73. The molecule has 0 saturated carbocycles. The van der Waals surface area contributed by atoms with E-state index < -0.39 is 34.8 Å². The van der Waals surface area contributed by atoms with Crippen LogP contribution < -0.4 is 5.56 Å². The van der Waals surface area contributed by atoms with E-state index in [0.29, 0.717) is 91.2 Å². The summed E-state index contributed by atoms with van der Waals surface area (Å²) in [6.45, 7) is 8.31. The van der Waals surface area contributed by atoms with Crippen LogP contribution in [0.3, 0.4) is 0 Å². The highest BCUT2D eigenvalue weighted by molar-refractivity contribution is 5.96. The number of piperidine rings is 1. The first-order valence-corrected chi connectivity index (χ1v) is 21.0. The van der Waals surface area contributed by atoms with Gasteiger partial charge in [0.25, 0.3) is 17.4 Å². The molecule has 0 aliphatic carbocycles. The molecule has 3 aliphatic heterocycles. The maximum Gasteiger partial charge on any atom is 0.272 e. The Labute approximate surface area is 351 Å². The summed E-state index contributed by atoms with van der Waals surface area (Å²) in [5.41, 5.74) is 2.27. The molecule has 3 aliphatic rings. The van der Waals surface area contributed by atoms with Crippen molar-refractivity contribution in [2.45, 2.75) is 32.6 Å². The van der Waals surface area contributed by atoms with E-state index >= 15 is 13.2 Å². The Bertz CT molecular complexity index is 2470. The van der Waals surface area contributed by atoms with E-state index in [-0.39, 0.29) is 23.6 Å². The summed E-state index contributed by atoms with van der Waals surface area (Å²) >= 11 is 0. The van der Waals surface area contributed by atoms with E-state index in [1.165, 1.54) is 24.3 Å². The van der Waals surface area contributed by atoms with Crippen LogP contribution in [0.4, 0.5) is 13.2 Å². The molecule has 3 saturated heterocycles. The smallest absolute Gasteiger partial charge is 0.272 e. The van der Waals surface area contributed by atoms with Gasteiger partial charge in [0.1, 0.15) is 23.0 Å². The molecule has 15 heteroatoms. The molecule has 5 aromatic rings. The minimum Gasteiger partial charge on any atom is -0.338 e. The molecule has 3 aromatic carbocycles. The lowest BCUT2D eigenvalue weighted by molar-refractivity contribution is -0.134. The summed E-state index contributed by atoms with van der Waals surface area (Å²) in [7, 11) is 0. The van der Waals surface area contributed by atoms with Crippen molar-refractivity contribution in [3.8, 4) is 11.1 Å². The minimum absolute atomic E-state index is 0.00287. The largest absolute Gasteiger partial charge is 0.338 e. The van der Waals surface area contributed by atoms with Crippen molar-refractivity contribution in [2.24, 2.45) is 5.92 Å². The zero-order valence-corrected chi connectivity index (χ0v) is 34.2. The number of hydrogen-bond donors (Lipinski definition) is 1. The molecule has 5 heterocycles. The van der Waals surface area contributed by atoms with Gasteiger partial charge in [-0.3, -0.25) is 29.1 Å². The van der Waals surface area contributed by atoms with Crippen molar-refractivity contribution in [3.05, 3.63) is 129 Å². The van der Waals surface area contributed by atoms with Crippen LogP contribution >= 0.6 is 0 Å². The molecule has 61 heavy (non-hydrogen) atoms. The van der Waals surface area contributed by atoms with Gasteiger partial charge in [0.15, 0.2) is 0 Å². The minimum atomic E-state index is -0.867. The van der Waals surface area contributed by atoms with E-state index in [4.69, 9.17) is 0 Å². The lowest BCUT2D eigenvalue weighted by Crippen LogP contribution is -2.55. The van der Waals surface area contributed by atoms with Crippen LogP contribution in [0.2, 0.25) is 0 Å². The van der Waals surface area contributed by atoms with E-state index in [2.05, 4.69) is 25.0 Å². The predicted octanol–water partition coefficient (Wildman–Crippen LogP) is 5.01. The third-order valence-electron chi connectivity index (χ3n) is 12.3. The Morgan fingerprint density at radius 1 is 0.705 bits per heavy atom. The molecule has 0 unspecified atom stereocenters. The second kappa shape index (κ2) is 18.4. The number of benzene rings is 3. The highest BCUT2D eigenvalue weighted by atomic mass is 19.1. The highest BCUT2D eigenvalue weighted by Crippen LogP contribution is 2.28. The first-order chi connectivity index (χ1) is 29.5. The second-order valence-electron chi connectivity index (χ2n) is 16.2. The molecule has 3 fully saturated rings. The summed E-state index contributed by atoms with van der Waals surface area (Å²) in [5, 5.41) is 7.93. The van der Waals surface area contributed by atoms with Gasteiger partial charge in [-0.25, -0.2) is 18.3 Å². The lowest BCUT2D eigenvalue weighted by Gasteiger charge is -2.40. The lowest BCUT2D eigenvalue weighted by atomic mass is 9.95. The molecule has 8 rings (SSSR count). The summed E-state index contributed by atoms with van der Waals surface area (Å²) in [6, 6.07) is 17.5. The quantitative estimate of drug-likeness (QED) is 0.208. The van der Waals surface area contributed by atoms with Crippen molar-refractivity contribution in [1.29, 1.82) is 0 Å². The molecule has 2 aromatic heterocycles. The van der Waals surface area contributed by atoms with Gasteiger partial charge in [-0.1, -0.05) is 31.2 Å². The normalized spacial score (nSPS) is 17.0. The number of aromatic nitrogens is 3. The van der Waals surface area contributed by atoms with E-state index in [1.54, 1.807) is 51.2 Å². The number of rotatable bonds is 10. The van der Waals surface area contributed by atoms with Crippen LogP contribution in [0.25, 0.3) is 21.9 Å². The number of hydrogen-bond acceptors (Lipinski definition) is 8. The average molecular weight is 835 g/mol. The van der Waals surface area contributed by atoms with Gasteiger partial charge in [-0.15, -0.1) is 0 Å². The third kappa shape index (κ3) is 9.37. The predicted molar refractivity (Wildman–Crippen MR) is 225 cm³/mol. The van der Waals surface area contributed by atoms with Crippen LogP contribution in [0.15, 0.2) is 77.7 Å². The molecule has 0 radical (unpaired) electrons. The molecule has 0 spiro atoms. The Hall–Kier alpha value is -5.93. The number of pyridine rings is 1. The summed E-state index contributed by atoms with van der Waals surface area (Å²) in [5.74, 6) is -3.07. The third-order valence-corrected chi connectivity index (χ3v) is 12.3.